The van der Waals surface area contributed by atoms with E-state index < -0.39 is 16.9 Å². The monoisotopic (exact) mass is 491 g/mol. The zero-order valence-corrected chi connectivity index (χ0v) is 21.2. The van der Waals surface area contributed by atoms with Gasteiger partial charge in [0, 0.05) is 28.5 Å². The number of rotatable bonds is 2. The van der Waals surface area contributed by atoms with E-state index in [0.29, 0.717) is 17.8 Å². The third-order valence-electron chi connectivity index (χ3n) is 9.17. The number of hydrogen-bond acceptors (Lipinski definition) is 4. The van der Waals surface area contributed by atoms with E-state index in [1.54, 1.807) is 0 Å². The van der Waals surface area contributed by atoms with E-state index in [1.165, 1.54) is 0 Å². The van der Waals surface area contributed by atoms with Crippen LogP contribution in [0.5, 0.6) is 0 Å². The lowest BCUT2D eigenvalue weighted by atomic mass is 9.57. The number of aryl methyl sites for hydroxylation is 3. The Labute approximate surface area is 216 Å². The molecule has 6 nitrogen and oxygen atoms in total. The predicted octanol–water partition coefficient (Wildman–Crippen LogP) is 4.63. The van der Waals surface area contributed by atoms with Gasteiger partial charge in [0.05, 0.1) is 5.92 Å². The van der Waals surface area contributed by atoms with Gasteiger partial charge in [-0.15, -0.1) is 0 Å². The van der Waals surface area contributed by atoms with E-state index in [2.05, 4.69) is 21.6 Å². The predicted molar refractivity (Wildman–Crippen MR) is 142 cm³/mol. The molecule has 0 unspecified atom stereocenters. The average Bonchev–Trinajstić information content (AvgIpc) is 3.59. The molecule has 2 amide bonds. The molecule has 7 rings (SSSR count). The molecule has 2 N–H and O–H groups in total. The Morgan fingerprint density at radius 3 is 2.43 bits per heavy atom. The Hall–Kier alpha value is -3.77. The maximum Gasteiger partial charge on any atom is 0.251 e. The molecular formula is C31H29N3O3. The summed E-state index contributed by atoms with van der Waals surface area (Å²) in [5.74, 6) is -1.27. The molecule has 2 spiro atoms. The summed E-state index contributed by atoms with van der Waals surface area (Å²) < 4.78 is 0. The third kappa shape index (κ3) is 2.51. The van der Waals surface area contributed by atoms with Crippen molar-refractivity contribution >= 4 is 29.0 Å². The van der Waals surface area contributed by atoms with Crippen molar-refractivity contribution in [2.24, 2.45) is 5.92 Å². The summed E-state index contributed by atoms with van der Waals surface area (Å²) in [5, 5.41) is 6.27. The molecule has 2 saturated heterocycles. The number of carbonyl (C=O) groups is 3. The van der Waals surface area contributed by atoms with E-state index in [0.717, 1.165) is 46.3 Å². The number of nitrogens with one attached hydrogen (secondary N) is 2. The van der Waals surface area contributed by atoms with Crippen molar-refractivity contribution < 1.29 is 14.4 Å². The van der Waals surface area contributed by atoms with Gasteiger partial charge in [-0.1, -0.05) is 65.7 Å². The third-order valence-corrected chi connectivity index (χ3v) is 9.17. The molecule has 186 valence electrons. The van der Waals surface area contributed by atoms with E-state index in [1.807, 2.05) is 75.4 Å². The molecule has 0 bridgehead atoms. The number of carbonyl (C=O) groups excluding carboxylic acids is 3. The zero-order chi connectivity index (χ0) is 25.7. The minimum Gasteiger partial charge on any atom is -0.325 e. The summed E-state index contributed by atoms with van der Waals surface area (Å²) in [4.78, 5) is 45.8. The first-order chi connectivity index (χ1) is 17.8. The number of hydrogen-bond donors (Lipinski definition) is 2. The molecule has 0 aromatic heterocycles. The molecule has 3 aromatic carbocycles. The molecule has 0 radical (unpaired) electrons. The van der Waals surface area contributed by atoms with Crippen LogP contribution in [0.15, 0.2) is 60.7 Å². The Balaban J connectivity index is 1.60. The fourth-order valence-corrected chi connectivity index (χ4v) is 7.93. The van der Waals surface area contributed by atoms with Crippen LogP contribution in [0.1, 0.15) is 51.0 Å². The first kappa shape index (κ1) is 22.4. The highest BCUT2D eigenvalue weighted by atomic mass is 16.2. The zero-order valence-electron chi connectivity index (χ0n) is 21.2. The van der Waals surface area contributed by atoms with Gasteiger partial charge in [-0.25, -0.2) is 0 Å². The summed E-state index contributed by atoms with van der Waals surface area (Å²) >= 11 is 0. The molecular weight excluding hydrogens is 462 g/mol. The van der Waals surface area contributed by atoms with Crippen LogP contribution in [0, 0.1) is 26.7 Å². The van der Waals surface area contributed by atoms with Gasteiger partial charge < -0.3 is 10.6 Å². The Morgan fingerprint density at radius 1 is 0.892 bits per heavy atom. The fourth-order valence-electron chi connectivity index (χ4n) is 7.93. The lowest BCUT2D eigenvalue weighted by molar-refractivity contribution is -0.137. The number of ketones is 1. The molecule has 0 saturated carbocycles. The number of nitrogens with zero attached hydrogens (tertiary/aromatic N) is 1. The van der Waals surface area contributed by atoms with Gasteiger partial charge >= 0.3 is 0 Å². The molecule has 2 fully saturated rings. The smallest absolute Gasteiger partial charge is 0.251 e. The van der Waals surface area contributed by atoms with Gasteiger partial charge in [-0.05, 0) is 57.4 Å². The van der Waals surface area contributed by atoms with Crippen LogP contribution in [0.4, 0.5) is 11.4 Å². The lowest BCUT2D eigenvalue weighted by Crippen LogP contribution is -2.62. The number of amides is 2. The topological polar surface area (TPSA) is 78.5 Å². The van der Waals surface area contributed by atoms with Gasteiger partial charge in [-0.3, -0.25) is 19.3 Å². The van der Waals surface area contributed by atoms with Crippen molar-refractivity contribution in [3.05, 3.63) is 94.0 Å². The van der Waals surface area contributed by atoms with Crippen molar-refractivity contribution in [2.75, 3.05) is 17.2 Å². The van der Waals surface area contributed by atoms with Crippen LogP contribution in [0.25, 0.3) is 0 Å². The minimum absolute atomic E-state index is 0.0775. The van der Waals surface area contributed by atoms with Gasteiger partial charge in [0.2, 0.25) is 5.91 Å². The number of Topliss-reactive ketones (excluding diaryl/α,β-unsaturated/α-hetero) is 1. The Kier molecular flexibility index (Phi) is 4.48. The van der Waals surface area contributed by atoms with Gasteiger partial charge in [-0.2, -0.15) is 0 Å². The Morgan fingerprint density at radius 2 is 1.65 bits per heavy atom. The van der Waals surface area contributed by atoms with Crippen LogP contribution in [-0.2, 0) is 20.5 Å². The number of benzene rings is 3. The summed E-state index contributed by atoms with van der Waals surface area (Å²) in [6.07, 6.45) is 1.63. The molecule has 6 heteroatoms. The highest BCUT2D eigenvalue weighted by Gasteiger charge is 2.81. The average molecular weight is 492 g/mol. The number of anilines is 2. The SMILES string of the molecule is Cc1ccc(C(=O)[C@@H]2[C@@H]3CCCN3[C@]3(C(=O)Nc4c(C)cc(C)cc43)[C@@]23C(=O)Nc2ccccc23)cc1. The van der Waals surface area contributed by atoms with Crippen molar-refractivity contribution in [2.45, 2.75) is 50.6 Å². The highest BCUT2D eigenvalue weighted by molar-refractivity contribution is 6.21. The highest BCUT2D eigenvalue weighted by Crippen LogP contribution is 2.68. The van der Waals surface area contributed by atoms with Crippen molar-refractivity contribution in [1.82, 2.24) is 4.90 Å². The van der Waals surface area contributed by atoms with Gasteiger partial charge in [0.1, 0.15) is 11.0 Å². The quantitative estimate of drug-likeness (QED) is 0.513. The van der Waals surface area contributed by atoms with Crippen LogP contribution in [0.2, 0.25) is 0 Å². The lowest BCUT2D eigenvalue weighted by Gasteiger charge is -2.43. The van der Waals surface area contributed by atoms with E-state index in [4.69, 9.17) is 0 Å². The van der Waals surface area contributed by atoms with Crippen LogP contribution in [0.3, 0.4) is 0 Å². The summed E-state index contributed by atoms with van der Waals surface area (Å²) in [5.41, 5.74) is 3.92. The number of fused-ring (bicyclic) bond motifs is 7. The maximum absolute atomic E-state index is 14.6. The van der Waals surface area contributed by atoms with E-state index >= 15 is 0 Å². The van der Waals surface area contributed by atoms with Gasteiger partial charge in [0.15, 0.2) is 5.78 Å². The van der Waals surface area contributed by atoms with Gasteiger partial charge in [0.25, 0.3) is 5.91 Å². The van der Waals surface area contributed by atoms with Crippen LogP contribution >= 0.6 is 0 Å². The first-order valence-corrected chi connectivity index (χ1v) is 13.0. The second kappa shape index (κ2) is 7.39. The molecule has 37 heavy (non-hydrogen) atoms. The maximum atomic E-state index is 14.6. The molecule has 4 heterocycles. The van der Waals surface area contributed by atoms with Crippen LogP contribution in [-0.4, -0.2) is 35.1 Å². The largest absolute Gasteiger partial charge is 0.325 e. The van der Waals surface area contributed by atoms with E-state index in [-0.39, 0.29) is 23.6 Å². The molecule has 3 aromatic rings. The summed E-state index contributed by atoms with van der Waals surface area (Å²) in [7, 11) is 0. The van der Waals surface area contributed by atoms with Crippen molar-refractivity contribution in [3.8, 4) is 0 Å². The standard InChI is InChI=1S/C31H29N3O3/c1-17-10-12-20(13-11-17)27(35)25-24-9-6-14-34(24)31(22-16-18(2)15-19(3)26(22)33-29(31)37)30(25)21-7-4-5-8-23(21)32-28(30)36/h4-5,7-8,10-13,15-16,24-25H,6,9,14H2,1-3H3,(H,32,36)(H,33,37)/t24-,25-,30+,31+/m0/s1. The molecule has 4 aliphatic rings. The second-order valence-corrected chi connectivity index (χ2v) is 11.1. The van der Waals surface area contributed by atoms with Crippen LogP contribution < -0.4 is 10.6 Å². The summed E-state index contributed by atoms with van der Waals surface area (Å²) in [6.45, 7) is 6.65. The van der Waals surface area contributed by atoms with E-state index in [9.17, 15) is 14.4 Å². The molecule has 4 aliphatic heterocycles. The number of para-hydroxylation sites is 1. The van der Waals surface area contributed by atoms with Crippen molar-refractivity contribution in [3.63, 3.8) is 0 Å². The molecule has 0 aliphatic carbocycles. The fraction of sp³-hybridized carbons (Fsp3) is 0.323. The minimum atomic E-state index is -1.40. The second-order valence-electron chi connectivity index (χ2n) is 11.1. The first-order valence-electron chi connectivity index (χ1n) is 13.0. The summed E-state index contributed by atoms with van der Waals surface area (Å²) in [6, 6.07) is 19.0. The van der Waals surface area contributed by atoms with Crippen molar-refractivity contribution in [1.29, 1.82) is 0 Å². The Bertz CT molecular complexity index is 1530. The molecule has 4 atom stereocenters. The normalized spacial score (nSPS) is 29.4.